The van der Waals surface area contributed by atoms with Crippen molar-refractivity contribution in [1.82, 2.24) is 0 Å². The first-order valence-corrected chi connectivity index (χ1v) is 15.6. The first kappa shape index (κ1) is 16.4. The number of rotatable bonds is 3. The molecule has 0 heterocycles. The molecular formula is C12H27ClO2Ti. The summed E-state index contributed by atoms with van der Waals surface area (Å²) in [6.45, 7) is 0. The third-order valence-corrected chi connectivity index (χ3v) is 19.0. The van der Waals surface area contributed by atoms with E-state index < -0.39 is 12.2 Å². The molecule has 0 spiro atoms. The zero-order valence-electron chi connectivity index (χ0n) is 11.7. The first-order valence-electron chi connectivity index (χ1n) is 5.69. The van der Waals surface area contributed by atoms with Crippen molar-refractivity contribution in [2.24, 2.45) is 0 Å². The van der Waals surface area contributed by atoms with Crippen LogP contribution >= 0.6 is 12.4 Å². The number of halogens is 1. The Balaban J connectivity index is 0.00000225. The summed E-state index contributed by atoms with van der Waals surface area (Å²) in [5.74, 6) is 0. The fourth-order valence-corrected chi connectivity index (χ4v) is 6.65. The third-order valence-electron chi connectivity index (χ3n) is 5.05. The maximum Gasteiger partial charge on any atom is -0.147 e. The van der Waals surface area contributed by atoms with Crippen LogP contribution in [0.25, 0.3) is 0 Å². The van der Waals surface area contributed by atoms with Gasteiger partial charge in [0.15, 0.2) is 0 Å². The van der Waals surface area contributed by atoms with Gasteiger partial charge in [-0.1, -0.05) is 0 Å². The molecule has 0 amide bonds. The van der Waals surface area contributed by atoms with E-state index in [0.717, 1.165) is 6.42 Å². The van der Waals surface area contributed by atoms with E-state index in [1.165, 1.54) is 3.88 Å². The molecular weight excluding hydrogens is 259 g/mol. The number of hydrogen-bond donors (Lipinski definition) is 0. The summed E-state index contributed by atoms with van der Waals surface area (Å²) in [5, 5.41) is 10.9. The van der Waals surface area contributed by atoms with Crippen LogP contribution in [0.4, 0.5) is 0 Å². The van der Waals surface area contributed by atoms with Crippen LogP contribution < -0.4 is 0 Å². The fraction of sp³-hybridized carbons (Fsp3) is 0.667. The molecule has 98 valence electrons. The minimum atomic E-state index is -4.86. The van der Waals surface area contributed by atoms with Crippen LogP contribution in [0.15, 0.2) is 22.1 Å². The molecule has 4 heteroatoms. The van der Waals surface area contributed by atoms with Gasteiger partial charge in [0.1, 0.15) is 0 Å². The molecule has 1 aliphatic carbocycles. The van der Waals surface area contributed by atoms with Crippen molar-refractivity contribution in [3.8, 4) is 0 Å². The zero-order valence-corrected chi connectivity index (χ0v) is 14.0. The molecule has 0 aromatic carbocycles. The van der Waals surface area contributed by atoms with E-state index in [-0.39, 0.29) is 12.4 Å². The summed E-state index contributed by atoms with van der Waals surface area (Å²) in [6.07, 6.45) is 7.29. The molecule has 0 aromatic rings. The molecule has 0 bridgehead atoms. The molecule has 1 rings (SSSR count). The molecule has 0 atom stereocenters. The van der Waals surface area contributed by atoms with Gasteiger partial charge in [0.05, 0.1) is 0 Å². The Bertz CT molecular complexity index is 407. The van der Waals surface area contributed by atoms with Gasteiger partial charge in [-0.2, -0.15) is 0 Å². The maximum absolute atomic E-state index is 6.16. The topological polar surface area (TPSA) is 18.5 Å². The summed E-state index contributed by atoms with van der Waals surface area (Å²) in [5.41, 5.74) is 0. The Kier molecular flexibility index (Phi) is 2.34. The normalized spacial score (nSPS) is 25.6. The monoisotopic (exact) mass is 286 g/mol. The quantitative estimate of drug-likeness (QED) is 0.686. The minimum absolute atomic E-state index is 0. The summed E-state index contributed by atoms with van der Waals surface area (Å²) in [7, 11) is 3.53. The standard InChI is InChI=1S/C5H5.2CH3O.5CH3.ClH.Ti/c1-2-4-5-3-1;2*1-2;;;;;;;/h1-3H,4H2;2*1H3;5*1H3;1H;/q;2*-1;;;;;;;+2. The molecule has 0 fully saturated rings. The number of allylic oxidation sites excluding steroid dienone is 4. The van der Waals surface area contributed by atoms with Gasteiger partial charge in [-0.05, 0) is 0 Å². The van der Waals surface area contributed by atoms with E-state index in [4.69, 9.17) is 6.64 Å². The van der Waals surface area contributed by atoms with Gasteiger partial charge < -0.3 is 0 Å². The molecule has 0 aromatic heterocycles. The van der Waals surface area contributed by atoms with E-state index in [9.17, 15) is 0 Å². The van der Waals surface area contributed by atoms with Crippen LogP contribution in [0.3, 0.4) is 0 Å². The Morgan fingerprint density at radius 2 is 1.44 bits per heavy atom. The zero-order chi connectivity index (χ0) is 12.2. The second-order valence-corrected chi connectivity index (χ2v) is 39.4. The Hall–Kier alpha value is 0.404. The molecule has 0 N–H and O–H groups in total. The maximum atomic E-state index is 6.16. The summed E-state index contributed by atoms with van der Waals surface area (Å²) < 4.78 is 13.6. The van der Waals surface area contributed by atoms with Crippen molar-refractivity contribution < 1.29 is 18.9 Å². The van der Waals surface area contributed by atoms with Crippen LogP contribution in [0, 0.1) is 0 Å². The fourth-order valence-electron chi connectivity index (χ4n) is 1.87. The van der Waals surface area contributed by atoms with Crippen molar-refractivity contribution >= 4 is 12.4 Å². The van der Waals surface area contributed by atoms with Crippen molar-refractivity contribution in [3.63, 3.8) is 0 Å². The Morgan fingerprint density at radius 3 is 1.69 bits per heavy atom. The van der Waals surface area contributed by atoms with Gasteiger partial charge in [-0.15, -0.1) is 12.4 Å². The number of hydrogen-bond acceptors (Lipinski definition) is 2. The van der Waals surface area contributed by atoms with E-state index in [0.29, 0.717) is 0 Å². The molecule has 0 saturated carbocycles. The second-order valence-electron chi connectivity index (χ2n) is 10.3. The SMILES string of the molecule is C[O][Ti]([CH3])([CH3])([CH3])([CH3])([CH3])([O]C)[C]1=CC=CC1.Cl. The van der Waals surface area contributed by atoms with Gasteiger partial charge in [-0.25, -0.2) is 0 Å². The predicted molar refractivity (Wildman–Crippen MR) is 72.4 cm³/mol. The smallest absolute Gasteiger partial charge is 0.147 e. The van der Waals surface area contributed by atoms with Crippen molar-refractivity contribution in [2.45, 2.75) is 32.6 Å². The average molecular weight is 287 g/mol. The van der Waals surface area contributed by atoms with Crippen LogP contribution in [-0.4, -0.2) is 14.2 Å². The van der Waals surface area contributed by atoms with E-state index >= 15 is 0 Å². The van der Waals surface area contributed by atoms with Crippen molar-refractivity contribution in [1.29, 1.82) is 0 Å². The van der Waals surface area contributed by atoms with Gasteiger partial charge >= 0.3 is 87.8 Å². The van der Waals surface area contributed by atoms with E-state index in [2.05, 4.69) is 44.4 Å². The molecule has 0 unspecified atom stereocenters. The molecule has 0 saturated heterocycles. The minimum Gasteiger partial charge on any atom is -0.147 e. The van der Waals surface area contributed by atoms with Crippen molar-refractivity contribution in [3.05, 3.63) is 22.1 Å². The first-order chi connectivity index (χ1) is 6.20. The second kappa shape index (κ2) is 2.28. The molecule has 2 nitrogen and oxygen atoms in total. The average Bonchev–Trinajstić information content (AvgIpc) is 2.58. The molecule has 1 aliphatic rings. The molecule has 0 aliphatic heterocycles. The predicted octanol–water partition coefficient (Wildman–Crippen LogP) is 4.91. The van der Waals surface area contributed by atoms with Crippen LogP contribution in [0.5, 0.6) is 0 Å². The molecule has 16 heavy (non-hydrogen) atoms. The largest absolute Gasteiger partial charge is 0.147 e. The van der Waals surface area contributed by atoms with E-state index in [1.807, 2.05) is 0 Å². The third kappa shape index (κ3) is 2.06. The Labute approximate surface area is 99.9 Å². The van der Waals surface area contributed by atoms with Crippen LogP contribution in [0.1, 0.15) is 6.42 Å². The summed E-state index contributed by atoms with van der Waals surface area (Å²) >= 11 is -4.86. The summed E-state index contributed by atoms with van der Waals surface area (Å²) in [4.78, 5) is 0. The van der Waals surface area contributed by atoms with Crippen molar-refractivity contribution in [2.75, 3.05) is 14.2 Å². The van der Waals surface area contributed by atoms with Gasteiger partial charge in [0.25, 0.3) is 0 Å². The van der Waals surface area contributed by atoms with Crippen LogP contribution in [0.2, 0.25) is 26.1 Å². The van der Waals surface area contributed by atoms with Crippen LogP contribution in [-0.2, 0) is 18.9 Å². The van der Waals surface area contributed by atoms with Gasteiger partial charge in [0, 0.05) is 0 Å². The molecule has 0 radical (unpaired) electrons. The van der Waals surface area contributed by atoms with E-state index in [1.54, 1.807) is 14.2 Å². The Morgan fingerprint density at radius 1 is 1.00 bits per heavy atom. The van der Waals surface area contributed by atoms with Gasteiger partial charge in [-0.3, -0.25) is 0 Å². The summed E-state index contributed by atoms with van der Waals surface area (Å²) in [6, 6.07) is 0. The van der Waals surface area contributed by atoms with Gasteiger partial charge in [0.2, 0.25) is 0 Å².